The SMILES string of the molecule is COc1ccc(C=CC(=O)OC2C(C)OC(OCC3OC(OC4=Cc5c(cc(O)cc5OC5OC(CO)C(O)C(O)C5O)OC4c4cc(O)c(O)c(OC)c4)C(O)C(O)C3O)C(O)C2O)cc1O. The van der Waals surface area contributed by atoms with Crippen molar-refractivity contribution in [1.29, 1.82) is 0 Å². The van der Waals surface area contributed by atoms with Crippen molar-refractivity contribution >= 4 is 18.1 Å². The van der Waals surface area contributed by atoms with Crippen LogP contribution in [0.15, 0.2) is 54.3 Å². The molecular weight excluding hydrogens is 912 g/mol. The van der Waals surface area contributed by atoms with Gasteiger partial charge in [0.15, 0.2) is 41.5 Å². The van der Waals surface area contributed by atoms with Gasteiger partial charge in [0.25, 0.3) is 0 Å². The van der Waals surface area contributed by atoms with Crippen LogP contribution in [0, 0.1) is 0 Å². The predicted octanol–water partition coefficient (Wildman–Crippen LogP) is -1.89. The number of fused-ring (bicyclic) bond motifs is 1. The number of ether oxygens (including phenoxy) is 10. The number of benzene rings is 3. The molecule has 24 nitrogen and oxygen atoms in total. The summed E-state index contributed by atoms with van der Waals surface area (Å²) in [5.74, 6) is -3.57. The van der Waals surface area contributed by atoms with Gasteiger partial charge in [-0.1, -0.05) is 6.07 Å². The molecule has 4 aliphatic rings. The molecule has 4 heterocycles. The first kappa shape index (κ1) is 50.2. The summed E-state index contributed by atoms with van der Waals surface area (Å²) in [6.07, 6.45) is -23.4. The second-order valence-corrected chi connectivity index (χ2v) is 16.1. The van der Waals surface area contributed by atoms with Crippen molar-refractivity contribution in [1.82, 2.24) is 0 Å². The van der Waals surface area contributed by atoms with Crippen LogP contribution in [-0.4, -0.2) is 192 Å². The van der Waals surface area contributed by atoms with Crippen molar-refractivity contribution in [3.05, 3.63) is 71.0 Å². The first-order valence-corrected chi connectivity index (χ1v) is 20.9. The quantitative estimate of drug-likeness (QED) is 0.0477. The zero-order chi connectivity index (χ0) is 49.3. The summed E-state index contributed by atoms with van der Waals surface area (Å²) in [6.45, 7) is -0.0450. The van der Waals surface area contributed by atoms with E-state index < -0.39 is 135 Å². The van der Waals surface area contributed by atoms with Crippen LogP contribution in [0.2, 0.25) is 0 Å². The highest BCUT2D eigenvalue weighted by atomic mass is 16.7. The number of hydrogen-bond acceptors (Lipinski definition) is 24. The van der Waals surface area contributed by atoms with Gasteiger partial charge >= 0.3 is 5.97 Å². The summed E-state index contributed by atoms with van der Waals surface area (Å²) in [7, 11) is 2.58. The van der Waals surface area contributed by atoms with E-state index in [9.17, 15) is 71.2 Å². The van der Waals surface area contributed by atoms with Crippen molar-refractivity contribution < 1.29 is 119 Å². The molecule has 24 heteroatoms. The van der Waals surface area contributed by atoms with Gasteiger partial charge < -0.3 is 114 Å². The number of phenolic OH excluding ortho intramolecular Hbond substituents is 4. The fourth-order valence-corrected chi connectivity index (χ4v) is 7.80. The zero-order valence-electron chi connectivity index (χ0n) is 36.2. The minimum Gasteiger partial charge on any atom is -0.508 e. The van der Waals surface area contributed by atoms with Gasteiger partial charge in [-0.05, 0) is 48.9 Å². The first-order chi connectivity index (χ1) is 32.3. The van der Waals surface area contributed by atoms with E-state index >= 15 is 0 Å². The molecule has 0 aliphatic carbocycles. The average molecular weight is 965 g/mol. The van der Waals surface area contributed by atoms with Crippen LogP contribution >= 0.6 is 0 Å². The lowest BCUT2D eigenvalue weighted by atomic mass is 9.97. The van der Waals surface area contributed by atoms with Crippen LogP contribution in [0.5, 0.6) is 46.0 Å². The number of aliphatic hydroxyl groups is 9. The molecule has 0 saturated carbocycles. The molecule has 372 valence electrons. The van der Waals surface area contributed by atoms with Gasteiger partial charge in [-0.15, -0.1) is 0 Å². The Labute approximate surface area is 385 Å². The Balaban J connectivity index is 1.09. The number of rotatable bonds is 14. The van der Waals surface area contributed by atoms with Gasteiger partial charge in [-0.2, -0.15) is 0 Å². The van der Waals surface area contributed by atoms with Crippen molar-refractivity contribution in [2.75, 3.05) is 27.4 Å². The number of esters is 1. The Kier molecular flexibility index (Phi) is 15.4. The second-order valence-electron chi connectivity index (χ2n) is 16.1. The molecule has 68 heavy (non-hydrogen) atoms. The van der Waals surface area contributed by atoms with Crippen LogP contribution < -0.4 is 18.9 Å². The largest absolute Gasteiger partial charge is 0.508 e. The number of methoxy groups -OCH3 is 2. The maximum Gasteiger partial charge on any atom is 0.331 e. The third kappa shape index (κ3) is 10.3. The van der Waals surface area contributed by atoms with Crippen LogP contribution in [0.4, 0.5) is 0 Å². The van der Waals surface area contributed by atoms with Gasteiger partial charge in [0.05, 0.1) is 39.1 Å². The molecule has 3 fully saturated rings. The fraction of sp³-hybridized carbons (Fsp3) is 0.477. The maximum absolute atomic E-state index is 12.7. The molecule has 7 rings (SSSR count). The van der Waals surface area contributed by atoms with E-state index in [1.807, 2.05) is 0 Å². The molecule has 3 aromatic carbocycles. The molecular formula is C44H52O24. The number of hydrogen-bond donors (Lipinski definition) is 13. The number of aliphatic hydroxyl groups excluding tert-OH is 9. The van der Waals surface area contributed by atoms with Gasteiger partial charge in [-0.3, -0.25) is 0 Å². The first-order valence-electron chi connectivity index (χ1n) is 20.9. The van der Waals surface area contributed by atoms with Gasteiger partial charge in [0.2, 0.25) is 18.3 Å². The topological polar surface area (TPSA) is 372 Å². The summed E-state index contributed by atoms with van der Waals surface area (Å²) in [5, 5.41) is 138. The number of carbonyl (C=O) groups excluding carboxylic acids is 1. The van der Waals surface area contributed by atoms with Crippen LogP contribution in [-0.2, 0) is 33.2 Å². The van der Waals surface area contributed by atoms with E-state index in [2.05, 4.69) is 0 Å². The van der Waals surface area contributed by atoms with Crippen LogP contribution in [0.25, 0.3) is 12.2 Å². The minimum absolute atomic E-state index is 0.0354. The summed E-state index contributed by atoms with van der Waals surface area (Å²) < 4.78 is 56.6. The van der Waals surface area contributed by atoms with E-state index in [4.69, 9.17) is 47.4 Å². The molecule has 16 atom stereocenters. The van der Waals surface area contributed by atoms with E-state index in [1.54, 1.807) is 6.07 Å². The fourth-order valence-electron chi connectivity index (χ4n) is 7.80. The van der Waals surface area contributed by atoms with Gasteiger partial charge in [0, 0.05) is 23.8 Å². The Morgan fingerprint density at radius 1 is 0.676 bits per heavy atom. The van der Waals surface area contributed by atoms with E-state index in [1.165, 1.54) is 51.5 Å². The van der Waals surface area contributed by atoms with Crippen molar-refractivity contribution in [2.24, 2.45) is 0 Å². The second kappa shape index (κ2) is 20.9. The Morgan fingerprint density at radius 2 is 1.32 bits per heavy atom. The maximum atomic E-state index is 12.7. The molecule has 3 aromatic rings. The molecule has 16 unspecified atom stereocenters. The summed E-state index contributed by atoms with van der Waals surface area (Å²) in [5.41, 5.74) is 0.412. The molecule has 0 amide bonds. The van der Waals surface area contributed by atoms with E-state index in [0.717, 1.165) is 24.3 Å². The smallest absolute Gasteiger partial charge is 0.331 e. The van der Waals surface area contributed by atoms with E-state index in [0.29, 0.717) is 5.56 Å². The monoisotopic (exact) mass is 964 g/mol. The lowest BCUT2D eigenvalue weighted by molar-refractivity contribution is -0.325. The highest BCUT2D eigenvalue weighted by molar-refractivity contribution is 5.87. The van der Waals surface area contributed by atoms with Crippen molar-refractivity contribution in [2.45, 2.75) is 105 Å². The molecule has 0 radical (unpaired) electrons. The minimum atomic E-state index is -2.00. The zero-order valence-corrected chi connectivity index (χ0v) is 36.2. The molecule has 13 N–H and O–H groups in total. The number of carbonyl (C=O) groups is 1. The number of phenols is 4. The summed E-state index contributed by atoms with van der Waals surface area (Å²) in [4.78, 5) is 12.7. The van der Waals surface area contributed by atoms with Crippen LogP contribution in [0.3, 0.4) is 0 Å². The predicted molar refractivity (Wildman–Crippen MR) is 224 cm³/mol. The third-order valence-corrected chi connectivity index (χ3v) is 11.6. The Morgan fingerprint density at radius 3 is 1.99 bits per heavy atom. The molecule has 4 aliphatic heterocycles. The highest BCUT2D eigenvalue weighted by Gasteiger charge is 2.50. The van der Waals surface area contributed by atoms with Crippen molar-refractivity contribution in [3.63, 3.8) is 0 Å². The van der Waals surface area contributed by atoms with Crippen molar-refractivity contribution in [3.8, 4) is 46.0 Å². The molecule has 0 bridgehead atoms. The molecule has 3 saturated heterocycles. The molecule has 0 aromatic heterocycles. The standard InChI is InChI=1S/C44H52O24/c1-16-40(68-30(49)7-5-17-4-6-23(59-2)21(47)8-17)36(55)39(58)42(62-16)61-15-29-33(52)35(54)38(57)44(67-29)65-27-13-20-24(63-41(27)18-9-22(48)31(50)26(10-18)60-3)11-19(46)12-25(20)64-43-37(56)34(53)32(51)28(14-45)66-43/h4-13,16,28-29,32-48,50-58H,14-15H2,1-3H3. The lowest BCUT2D eigenvalue weighted by Crippen LogP contribution is -2.61. The number of aromatic hydroxyl groups is 4. The van der Waals surface area contributed by atoms with E-state index in [-0.39, 0.29) is 45.6 Å². The Bertz CT molecular complexity index is 2320. The average Bonchev–Trinajstić information content (AvgIpc) is 3.31. The summed E-state index contributed by atoms with van der Waals surface area (Å²) >= 11 is 0. The molecule has 0 spiro atoms. The normalized spacial score (nSPS) is 33.7. The Hall–Kier alpha value is -5.71. The summed E-state index contributed by atoms with van der Waals surface area (Å²) in [6, 6.07) is 8.92. The van der Waals surface area contributed by atoms with Gasteiger partial charge in [0.1, 0.15) is 84.0 Å². The van der Waals surface area contributed by atoms with Crippen LogP contribution in [0.1, 0.15) is 29.7 Å². The highest BCUT2D eigenvalue weighted by Crippen LogP contribution is 2.48. The third-order valence-electron chi connectivity index (χ3n) is 11.6. The van der Waals surface area contributed by atoms with Gasteiger partial charge in [-0.25, -0.2) is 4.79 Å². The lowest BCUT2D eigenvalue weighted by Gasteiger charge is -2.43.